The lowest BCUT2D eigenvalue weighted by molar-refractivity contribution is 0.252. The molecule has 0 saturated heterocycles. The molecule has 0 radical (unpaired) electrons. The van der Waals surface area contributed by atoms with Gasteiger partial charge in [0.05, 0.1) is 5.56 Å². The van der Waals surface area contributed by atoms with Crippen LogP contribution in [-0.4, -0.2) is 0 Å². The number of halogens is 4. The molecule has 0 bridgehead atoms. The quantitative estimate of drug-likeness (QED) is 0.259. The molecule has 3 aromatic carbocycles. The molecule has 1 aliphatic carbocycles. The van der Waals surface area contributed by atoms with Gasteiger partial charge in [-0.1, -0.05) is 93.2 Å². The van der Waals surface area contributed by atoms with Crippen LogP contribution in [0.1, 0.15) is 68.6 Å². The number of hydrogen-bond acceptors (Lipinski definition) is 0. The average Bonchev–Trinajstić information content (AvgIpc) is 2.82. The van der Waals surface area contributed by atoms with Gasteiger partial charge in [0, 0.05) is 10.9 Å². The van der Waals surface area contributed by atoms with Gasteiger partial charge in [-0.3, -0.25) is 0 Å². The Morgan fingerprint density at radius 1 is 0.848 bits per heavy atom. The minimum atomic E-state index is -0.888. The van der Waals surface area contributed by atoms with Crippen molar-refractivity contribution in [1.29, 1.82) is 0 Å². The van der Waals surface area contributed by atoms with Crippen molar-refractivity contribution in [2.45, 2.75) is 58.3 Å². The topological polar surface area (TPSA) is 0 Å². The van der Waals surface area contributed by atoms with Crippen LogP contribution in [-0.2, 0) is 6.42 Å². The second-order valence-electron chi connectivity index (χ2n) is 9.20. The van der Waals surface area contributed by atoms with Crippen molar-refractivity contribution < 1.29 is 13.2 Å². The van der Waals surface area contributed by atoms with Gasteiger partial charge in [-0.15, -0.1) is 0 Å². The maximum atomic E-state index is 15.0. The molecular weight excluding hydrogens is 441 g/mol. The third-order valence-electron chi connectivity index (χ3n) is 6.85. The molecule has 0 N–H and O–H groups in total. The van der Waals surface area contributed by atoms with Crippen LogP contribution in [0, 0.1) is 41.1 Å². The van der Waals surface area contributed by atoms with Crippen molar-refractivity contribution in [2.75, 3.05) is 0 Å². The zero-order valence-corrected chi connectivity index (χ0v) is 19.6. The van der Waals surface area contributed by atoms with Crippen molar-refractivity contribution in [3.8, 4) is 11.8 Å². The van der Waals surface area contributed by atoms with Crippen LogP contribution in [0.15, 0.2) is 42.5 Å². The zero-order valence-electron chi connectivity index (χ0n) is 18.9. The molecular formula is C29H28ClF3. The summed E-state index contributed by atoms with van der Waals surface area (Å²) in [6.07, 6.45) is 10.2. The Balaban J connectivity index is 1.45. The van der Waals surface area contributed by atoms with Crippen LogP contribution in [0.2, 0.25) is 5.02 Å². The molecule has 1 fully saturated rings. The van der Waals surface area contributed by atoms with E-state index in [9.17, 15) is 8.78 Å². The Bertz CT molecular complexity index is 1170. The smallest absolute Gasteiger partial charge is 0.146 e. The first kappa shape index (κ1) is 23.7. The highest BCUT2D eigenvalue weighted by molar-refractivity contribution is 6.30. The Kier molecular flexibility index (Phi) is 7.66. The highest BCUT2D eigenvalue weighted by Gasteiger charge is 2.20. The summed E-state index contributed by atoms with van der Waals surface area (Å²) in [5, 5.41) is 0.766. The Morgan fingerprint density at radius 2 is 1.52 bits per heavy atom. The lowest BCUT2D eigenvalue weighted by atomic mass is 9.78. The van der Waals surface area contributed by atoms with Gasteiger partial charge >= 0.3 is 0 Å². The molecule has 172 valence electrons. The Labute approximate surface area is 199 Å². The molecule has 33 heavy (non-hydrogen) atoms. The maximum absolute atomic E-state index is 15.0. The van der Waals surface area contributed by atoms with Crippen LogP contribution < -0.4 is 0 Å². The number of rotatable bonds is 5. The first-order valence-corrected chi connectivity index (χ1v) is 12.2. The van der Waals surface area contributed by atoms with E-state index in [1.807, 2.05) is 18.2 Å². The first-order chi connectivity index (χ1) is 15.9. The van der Waals surface area contributed by atoms with Gasteiger partial charge in [-0.05, 0) is 53.8 Å². The van der Waals surface area contributed by atoms with Gasteiger partial charge in [0.15, 0.2) is 0 Å². The third-order valence-corrected chi connectivity index (χ3v) is 7.21. The minimum Gasteiger partial charge on any atom is -0.205 e. The molecule has 3 aromatic rings. The fraction of sp³-hybridized carbons (Fsp3) is 0.379. The van der Waals surface area contributed by atoms with Crippen LogP contribution >= 0.6 is 11.6 Å². The number of hydrogen-bond donors (Lipinski definition) is 0. The van der Waals surface area contributed by atoms with Crippen LogP contribution in [0.3, 0.4) is 0 Å². The average molecular weight is 469 g/mol. The van der Waals surface area contributed by atoms with Gasteiger partial charge in [-0.25, -0.2) is 13.2 Å². The second-order valence-corrected chi connectivity index (χ2v) is 9.58. The molecule has 0 aliphatic heterocycles. The largest absolute Gasteiger partial charge is 0.205 e. The molecule has 0 nitrogen and oxygen atoms in total. The summed E-state index contributed by atoms with van der Waals surface area (Å²) in [5.74, 6) is 4.84. The van der Waals surface area contributed by atoms with Gasteiger partial charge in [0.2, 0.25) is 0 Å². The molecule has 0 spiro atoms. The number of fused-ring (bicyclic) bond motifs is 1. The third kappa shape index (κ3) is 5.74. The predicted molar refractivity (Wildman–Crippen MR) is 130 cm³/mol. The van der Waals surface area contributed by atoms with E-state index in [0.717, 1.165) is 35.8 Å². The predicted octanol–water partition coefficient (Wildman–Crippen LogP) is 8.85. The molecule has 0 aromatic heterocycles. The van der Waals surface area contributed by atoms with E-state index >= 15 is 4.39 Å². The summed E-state index contributed by atoms with van der Waals surface area (Å²) in [7, 11) is 0. The van der Waals surface area contributed by atoms with Crippen molar-refractivity contribution in [3.63, 3.8) is 0 Å². The van der Waals surface area contributed by atoms with E-state index < -0.39 is 22.5 Å². The molecule has 0 unspecified atom stereocenters. The molecule has 0 atom stereocenters. The zero-order chi connectivity index (χ0) is 23.4. The SMILES string of the molecule is CCCC1CCC(CCc2ccc3c(F)c(C#Cc4cc(F)c(Cl)c(F)c4)ccc3c2)CC1. The molecule has 0 heterocycles. The van der Waals surface area contributed by atoms with Crippen molar-refractivity contribution in [1.82, 2.24) is 0 Å². The monoisotopic (exact) mass is 468 g/mol. The maximum Gasteiger partial charge on any atom is 0.146 e. The summed E-state index contributed by atoms with van der Waals surface area (Å²) < 4.78 is 42.2. The van der Waals surface area contributed by atoms with Crippen molar-refractivity contribution in [3.05, 3.63) is 81.6 Å². The lowest BCUT2D eigenvalue weighted by Gasteiger charge is -2.28. The molecule has 1 saturated carbocycles. The normalized spacial score (nSPS) is 18.2. The standard InChI is InChI=1S/C29H28ClF3/c1-2-3-19-4-6-20(7-5-19)8-9-21-11-15-25-24(16-21)14-13-23(29(25)33)12-10-22-17-26(31)28(30)27(32)18-22/h11,13-20H,2-9H2,1H3. The van der Waals surface area contributed by atoms with Gasteiger partial charge in [0.25, 0.3) is 0 Å². The molecule has 0 amide bonds. The highest BCUT2D eigenvalue weighted by atomic mass is 35.5. The summed E-state index contributed by atoms with van der Waals surface area (Å²) in [5.41, 5.74) is 1.52. The van der Waals surface area contributed by atoms with Crippen molar-refractivity contribution in [2.24, 2.45) is 11.8 Å². The van der Waals surface area contributed by atoms with Crippen molar-refractivity contribution >= 4 is 22.4 Å². The summed E-state index contributed by atoms with van der Waals surface area (Å²) in [4.78, 5) is 0. The van der Waals surface area contributed by atoms with Gasteiger partial charge in [0.1, 0.15) is 22.5 Å². The Morgan fingerprint density at radius 3 is 2.18 bits per heavy atom. The van der Waals surface area contributed by atoms with Gasteiger partial charge in [-0.2, -0.15) is 0 Å². The lowest BCUT2D eigenvalue weighted by Crippen LogP contribution is -2.15. The van der Waals surface area contributed by atoms with E-state index in [-0.39, 0.29) is 11.1 Å². The number of aryl methyl sites for hydroxylation is 1. The summed E-state index contributed by atoms with van der Waals surface area (Å²) >= 11 is 5.50. The number of benzene rings is 3. The second kappa shape index (κ2) is 10.7. The van der Waals surface area contributed by atoms with Crippen LogP contribution in [0.25, 0.3) is 10.8 Å². The highest BCUT2D eigenvalue weighted by Crippen LogP contribution is 2.34. The minimum absolute atomic E-state index is 0.105. The van der Waals surface area contributed by atoms with Crippen LogP contribution in [0.5, 0.6) is 0 Å². The van der Waals surface area contributed by atoms with E-state index in [0.29, 0.717) is 5.39 Å². The van der Waals surface area contributed by atoms with Crippen LogP contribution in [0.4, 0.5) is 13.2 Å². The van der Waals surface area contributed by atoms with E-state index in [2.05, 4.69) is 24.8 Å². The van der Waals surface area contributed by atoms with Gasteiger partial charge < -0.3 is 0 Å². The van der Waals surface area contributed by atoms with E-state index in [1.54, 1.807) is 6.07 Å². The first-order valence-electron chi connectivity index (χ1n) is 11.8. The van der Waals surface area contributed by atoms with E-state index in [4.69, 9.17) is 11.6 Å². The van der Waals surface area contributed by atoms with E-state index in [1.165, 1.54) is 50.5 Å². The fourth-order valence-electron chi connectivity index (χ4n) is 4.95. The summed E-state index contributed by atoms with van der Waals surface area (Å²) in [6, 6.07) is 11.4. The Hall–Kier alpha value is -2.44. The molecule has 1 aliphatic rings. The molecule has 4 rings (SSSR count). The summed E-state index contributed by atoms with van der Waals surface area (Å²) in [6.45, 7) is 2.27. The fourth-order valence-corrected chi connectivity index (χ4v) is 5.06. The molecule has 4 heteroatoms.